The first-order valence-electron chi connectivity index (χ1n) is 10.3. The molecule has 0 aliphatic rings. The Balaban J connectivity index is 0.00000729. The molecule has 2 N–H and O–H groups in total. The van der Waals surface area contributed by atoms with Crippen molar-refractivity contribution >= 4 is 10.1 Å². The van der Waals surface area contributed by atoms with Crippen molar-refractivity contribution in [2.75, 3.05) is 0 Å². The summed E-state index contributed by atoms with van der Waals surface area (Å²) in [5, 5.41) is 20.2. The van der Waals surface area contributed by atoms with E-state index in [4.69, 9.17) is 0 Å². The normalized spacial score (nSPS) is 12.5. The van der Waals surface area contributed by atoms with E-state index in [2.05, 4.69) is 6.92 Å². The summed E-state index contributed by atoms with van der Waals surface area (Å²) < 4.78 is 35.0. The molecule has 0 saturated heterocycles. The minimum absolute atomic E-state index is 0. The van der Waals surface area contributed by atoms with Gasteiger partial charge in [0.25, 0.3) is 0 Å². The molecule has 0 fully saturated rings. The Morgan fingerprint density at radius 2 is 1.29 bits per heavy atom. The van der Waals surface area contributed by atoms with Gasteiger partial charge in [-0.3, -0.25) is 0 Å². The molecule has 0 bridgehead atoms. The number of aromatic hydroxyl groups is 2. The van der Waals surface area contributed by atoms with Crippen LogP contribution in [0.4, 0.5) is 0 Å². The van der Waals surface area contributed by atoms with Gasteiger partial charge in [0.2, 0.25) is 0 Å². The molecule has 5 nitrogen and oxygen atoms in total. The topological polar surface area (TPSA) is 97.7 Å². The zero-order chi connectivity index (χ0) is 20.3. The van der Waals surface area contributed by atoms with E-state index in [-0.39, 0.29) is 46.8 Å². The van der Waals surface area contributed by atoms with Gasteiger partial charge in [0.1, 0.15) is 26.5 Å². The predicted octanol–water partition coefficient (Wildman–Crippen LogP) is 2.81. The summed E-state index contributed by atoms with van der Waals surface area (Å²) >= 11 is 0. The van der Waals surface area contributed by atoms with Gasteiger partial charge in [-0.25, -0.2) is 8.42 Å². The van der Waals surface area contributed by atoms with Crippen LogP contribution in [-0.2, 0) is 10.1 Å². The number of rotatable bonds is 14. The first-order valence-corrected chi connectivity index (χ1v) is 11.7. The van der Waals surface area contributed by atoms with Crippen molar-refractivity contribution in [2.24, 2.45) is 0 Å². The molecule has 0 aliphatic heterocycles. The second-order valence-corrected chi connectivity index (χ2v) is 8.72. The van der Waals surface area contributed by atoms with Crippen LogP contribution in [0.3, 0.4) is 0 Å². The Kier molecular flexibility index (Phi) is 14.5. The number of phenols is 2. The molecule has 28 heavy (non-hydrogen) atoms. The van der Waals surface area contributed by atoms with Crippen molar-refractivity contribution in [1.29, 1.82) is 0 Å². The van der Waals surface area contributed by atoms with Crippen LogP contribution in [-0.4, -0.2) is 23.2 Å². The van der Waals surface area contributed by atoms with Gasteiger partial charge in [0.15, 0.2) is 0 Å². The third-order valence-corrected chi connectivity index (χ3v) is 6.05. The second-order valence-electron chi connectivity index (χ2n) is 7.40. The molecule has 156 valence electrons. The van der Waals surface area contributed by atoms with Crippen molar-refractivity contribution < 1.29 is 52.7 Å². The zero-order valence-electron chi connectivity index (χ0n) is 17.7. The Hall–Kier alpha value is -0.270. The third kappa shape index (κ3) is 9.49. The van der Waals surface area contributed by atoms with Gasteiger partial charge in [-0.2, -0.15) is 0 Å². The van der Waals surface area contributed by atoms with Crippen LogP contribution in [0.1, 0.15) is 102 Å². The number of phenolic OH excluding ortho intramolecular Hbond substituents is 2. The van der Waals surface area contributed by atoms with E-state index in [0.29, 0.717) is 12.8 Å². The van der Waals surface area contributed by atoms with E-state index in [1.807, 2.05) is 6.92 Å². The zero-order valence-corrected chi connectivity index (χ0v) is 20.6. The molecular weight excluding hydrogens is 387 g/mol. The first kappa shape index (κ1) is 27.7. The Bertz CT molecular complexity index is 661. The molecule has 0 aromatic heterocycles. The van der Waals surface area contributed by atoms with Crippen LogP contribution in [0.2, 0.25) is 0 Å². The minimum Gasteiger partial charge on any atom is -0.744 e. The van der Waals surface area contributed by atoms with Gasteiger partial charge in [0.05, 0.1) is 0 Å². The number of hydrogen-bond acceptors (Lipinski definition) is 5. The molecule has 1 unspecified atom stereocenters. The smallest absolute Gasteiger partial charge is 0.744 e. The quantitative estimate of drug-likeness (QED) is 0.208. The van der Waals surface area contributed by atoms with Crippen molar-refractivity contribution in [1.82, 2.24) is 0 Å². The van der Waals surface area contributed by atoms with E-state index in [1.54, 1.807) is 0 Å². The van der Waals surface area contributed by atoms with Crippen LogP contribution in [0.25, 0.3) is 0 Å². The maximum absolute atomic E-state index is 11.7. The molecule has 0 amide bonds. The van der Waals surface area contributed by atoms with Gasteiger partial charge >= 0.3 is 29.6 Å². The number of benzene rings is 1. The summed E-state index contributed by atoms with van der Waals surface area (Å²) in [6.07, 6.45) is 12.5. The van der Waals surface area contributed by atoms with Crippen molar-refractivity contribution in [3.63, 3.8) is 0 Å². The Morgan fingerprint density at radius 1 is 0.821 bits per heavy atom. The molecule has 7 heteroatoms. The van der Waals surface area contributed by atoms with E-state index in [1.165, 1.54) is 38.2 Å². The van der Waals surface area contributed by atoms with Crippen molar-refractivity contribution in [2.45, 2.75) is 102 Å². The van der Waals surface area contributed by atoms with Crippen LogP contribution >= 0.6 is 0 Å². The van der Waals surface area contributed by atoms with E-state index in [0.717, 1.165) is 38.2 Å². The number of unbranched alkanes of at least 4 members (excludes halogenated alkanes) is 8. The standard InChI is InChI=1S/C21H36O5S.Na/c1-3-5-7-8-9-10-11-12-14-17(13-6-4-2)20-18(22)15-16-19(23)21(20)27(24,25)26;/h15-17,22-23H,3-14H2,1-2H3,(H,24,25,26);/q;+1/p-1. The first-order chi connectivity index (χ1) is 12.8. The Morgan fingerprint density at radius 3 is 1.82 bits per heavy atom. The summed E-state index contributed by atoms with van der Waals surface area (Å²) in [6.45, 7) is 4.24. The molecule has 0 heterocycles. The molecular formula is C21H35NaO5S. The van der Waals surface area contributed by atoms with Gasteiger partial charge in [-0.05, 0) is 30.9 Å². The van der Waals surface area contributed by atoms with E-state index < -0.39 is 20.8 Å². The fourth-order valence-electron chi connectivity index (χ4n) is 3.64. The molecule has 1 atom stereocenters. The predicted molar refractivity (Wildman–Crippen MR) is 107 cm³/mol. The van der Waals surface area contributed by atoms with Crippen molar-refractivity contribution in [3.8, 4) is 11.5 Å². The SMILES string of the molecule is CCCCCCCCCCC(CCCC)c1c(O)ccc(O)c1S(=O)(=O)[O-].[Na+]. The summed E-state index contributed by atoms with van der Waals surface area (Å²) in [7, 11) is -4.86. The van der Waals surface area contributed by atoms with Crippen LogP contribution in [0, 0.1) is 0 Å². The van der Waals surface area contributed by atoms with Gasteiger partial charge < -0.3 is 14.8 Å². The third-order valence-electron chi connectivity index (χ3n) is 5.12. The maximum Gasteiger partial charge on any atom is 1.00 e. The molecule has 0 aliphatic carbocycles. The fraction of sp³-hybridized carbons (Fsp3) is 0.714. The monoisotopic (exact) mass is 422 g/mol. The van der Waals surface area contributed by atoms with Crippen LogP contribution in [0.5, 0.6) is 11.5 Å². The van der Waals surface area contributed by atoms with Crippen LogP contribution < -0.4 is 29.6 Å². The molecule has 1 aromatic rings. The van der Waals surface area contributed by atoms with Crippen LogP contribution in [0.15, 0.2) is 17.0 Å². The molecule has 0 spiro atoms. The fourth-order valence-corrected chi connectivity index (χ4v) is 4.51. The average Bonchev–Trinajstić information content (AvgIpc) is 2.61. The average molecular weight is 423 g/mol. The molecule has 0 radical (unpaired) electrons. The Labute approximate surface area is 193 Å². The summed E-state index contributed by atoms with van der Waals surface area (Å²) in [5.41, 5.74) is 0.0985. The van der Waals surface area contributed by atoms with E-state index in [9.17, 15) is 23.2 Å². The summed E-state index contributed by atoms with van der Waals surface area (Å²) in [5.74, 6) is -1.03. The summed E-state index contributed by atoms with van der Waals surface area (Å²) in [6, 6.07) is 2.34. The molecule has 1 rings (SSSR count). The van der Waals surface area contributed by atoms with Gasteiger partial charge in [0, 0.05) is 5.56 Å². The van der Waals surface area contributed by atoms with Gasteiger partial charge in [-0.15, -0.1) is 0 Å². The van der Waals surface area contributed by atoms with Crippen molar-refractivity contribution in [3.05, 3.63) is 17.7 Å². The van der Waals surface area contributed by atoms with E-state index >= 15 is 0 Å². The number of hydrogen-bond donors (Lipinski definition) is 2. The second kappa shape index (κ2) is 14.7. The summed E-state index contributed by atoms with van der Waals surface area (Å²) in [4.78, 5) is -0.650. The largest absolute Gasteiger partial charge is 1.00 e. The molecule has 1 aromatic carbocycles. The van der Waals surface area contributed by atoms with Gasteiger partial charge in [-0.1, -0.05) is 78.1 Å². The maximum atomic E-state index is 11.7. The minimum atomic E-state index is -4.86. The molecule has 0 saturated carbocycles.